The molecule has 0 aromatic carbocycles. The Hall–Kier alpha value is -0.790. The predicted molar refractivity (Wildman–Crippen MR) is 170 cm³/mol. The molecule has 0 rings (SSSR count). The van der Waals surface area contributed by atoms with E-state index < -0.39 is 0 Å². The third-order valence-corrected chi connectivity index (χ3v) is 7.90. The maximum atomic E-state index is 11.9. The van der Waals surface area contributed by atoms with Gasteiger partial charge in [0.25, 0.3) is 0 Å². The number of hydrogen-bond donors (Lipinski definition) is 0. The normalized spacial score (nSPS) is 11.5. The van der Waals surface area contributed by atoms with Gasteiger partial charge in [-0.3, -0.25) is 4.79 Å². The fraction of sp³-hybridized carbons (Fsp3) is 0.917. The average Bonchev–Trinajstić information content (AvgIpc) is 2.92. The zero-order valence-corrected chi connectivity index (χ0v) is 26.4. The van der Waals surface area contributed by atoms with E-state index in [9.17, 15) is 4.79 Å². The number of carbonyl (C=O) groups excluding carboxylic acids is 1. The first-order valence-corrected chi connectivity index (χ1v) is 17.6. The first-order valence-electron chi connectivity index (χ1n) is 17.6. The fourth-order valence-electron chi connectivity index (χ4n) is 5.23. The van der Waals surface area contributed by atoms with Crippen LogP contribution < -0.4 is 0 Å². The van der Waals surface area contributed by atoms with Crippen molar-refractivity contribution in [2.45, 2.75) is 206 Å². The van der Waals surface area contributed by atoms with E-state index in [1.165, 1.54) is 167 Å². The Balaban J connectivity index is 3.15. The number of rotatable bonds is 32. The molecule has 0 N–H and O–H groups in total. The molecule has 0 bridgehead atoms. The van der Waals surface area contributed by atoms with E-state index >= 15 is 0 Å². The van der Waals surface area contributed by atoms with Gasteiger partial charge in [0.2, 0.25) is 0 Å². The standard InChI is InChI=1S/C36H70O2/c1-3-5-7-9-11-13-15-16-17-18-19-20-21-22-23-25-27-29-31-33-35-38-36(37)34-32-30-28-26-24-14-12-10-8-6-4-2/h10,12H,3-9,11,13-35H2,1-2H3/b12-10-. The number of esters is 1. The average molecular weight is 535 g/mol. The van der Waals surface area contributed by atoms with Gasteiger partial charge in [-0.05, 0) is 32.1 Å². The molecular formula is C36H70O2. The summed E-state index contributed by atoms with van der Waals surface area (Å²) in [7, 11) is 0. The third-order valence-electron chi connectivity index (χ3n) is 7.90. The SMILES string of the molecule is CCCC/C=C\CCCCCCCC(=O)OCCCCCCCCCCCCCCCCCCCCCC. The molecule has 0 aromatic heterocycles. The van der Waals surface area contributed by atoms with E-state index in [4.69, 9.17) is 4.74 Å². The van der Waals surface area contributed by atoms with E-state index in [1.807, 2.05) is 0 Å². The lowest BCUT2D eigenvalue weighted by molar-refractivity contribution is -0.143. The summed E-state index contributed by atoms with van der Waals surface area (Å²) < 4.78 is 5.42. The summed E-state index contributed by atoms with van der Waals surface area (Å²) in [6.45, 7) is 5.17. The summed E-state index contributed by atoms with van der Waals surface area (Å²) in [5.74, 6) is 0.0154. The molecule has 0 unspecified atom stereocenters. The van der Waals surface area contributed by atoms with Crippen LogP contribution in [0.2, 0.25) is 0 Å². The molecule has 0 radical (unpaired) electrons. The minimum Gasteiger partial charge on any atom is -0.466 e. The minimum atomic E-state index is 0.0154. The predicted octanol–water partition coefficient (Wildman–Crippen LogP) is 12.8. The summed E-state index contributed by atoms with van der Waals surface area (Å²) >= 11 is 0. The number of allylic oxidation sites excluding steroid dienone is 2. The lowest BCUT2D eigenvalue weighted by atomic mass is 10.0. The quantitative estimate of drug-likeness (QED) is 0.0487. The molecule has 0 heterocycles. The van der Waals surface area contributed by atoms with Crippen LogP contribution in [0.1, 0.15) is 206 Å². The highest BCUT2D eigenvalue weighted by Gasteiger charge is 2.02. The Morgan fingerprint density at radius 2 is 0.763 bits per heavy atom. The second kappa shape index (κ2) is 34.2. The molecule has 0 atom stereocenters. The first kappa shape index (κ1) is 37.2. The van der Waals surface area contributed by atoms with Gasteiger partial charge < -0.3 is 4.74 Å². The number of ether oxygens (including phenoxy) is 1. The number of hydrogen-bond acceptors (Lipinski definition) is 2. The molecule has 0 fully saturated rings. The molecule has 0 amide bonds. The molecule has 0 aromatic rings. The largest absolute Gasteiger partial charge is 0.466 e. The third kappa shape index (κ3) is 33.2. The van der Waals surface area contributed by atoms with Crippen molar-refractivity contribution in [3.63, 3.8) is 0 Å². The number of carbonyl (C=O) groups is 1. The van der Waals surface area contributed by atoms with E-state index in [0.29, 0.717) is 13.0 Å². The highest BCUT2D eigenvalue weighted by atomic mass is 16.5. The van der Waals surface area contributed by atoms with Crippen molar-refractivity contribution in [3.05, 3.63) is 12.2 Å². The summed E-state index contributed by atoms with van der Waals surface area (Å²) in [5, 5.41) is 0. The van der Waals surface area contributed by atoms with Gasteiger partial charge in [-0.1, -0.05) is 180 Å². The van der Waals surface area contributed by atoms with Crippen LogP contribution in [0.5, 0.6) is 0 Å². The van der Waals surface area contributed by atoms with E-state index in [0.717, 1.165) is 19.3 Å². The Morgan fingerprint density at radius 3 is 1.21 bits per heavy atom. The number of unbranched alkanes of at least 4 members (excludes halogenated alkanes) is 26. The molecule has 0 saturated carbocycles. The van der Waals surface area contributed by atoms with Gasteiger partial charge in [-0.25, -0.2) is 0 Å². The van der Waals surface area contributed by atoms with Crippen LogP contribution in [0.25, 0.3) is 0 Å². The lowest BCUT2D eigenvalue weighted by Crippen LogP contribution is -2.05. The Morgan fingerprint density at radius 1 is 0.421 bits per heavy atom. The molecule has 38 heavy (non-hydrogen) atoms. The maximum Gasteiger partial charge on any atom is 0.305 e. The molecule has 0 aliphatic rings. The highest BCUT2D eigenvalue weighted by Crippen LogP contribution is 2.15. The van der Waals surface area contributed by atoms with Crippen LogP contribution >= 0.6 is 0 Å². The summed E-state index contributed by atoms with van der Waals surface area (Å²) in [4.78, 5) is 11.9. The van der Waals surface area contributed by atoms with Crippen LogP contribution in [0, 0.1) is 0 Å². The van der Waals surface area contributed by atoms with Gasteiger partial charge >= 0.3 is 5.97 Å². The minimum absolute atomic E-state index is 0.0154. The van der Waals surface area contributed by atoms with Crippen molar-refractivity contribution in [2.75, 3.05) is 6.61 Å². The van der Waals surface area contributed by atoms with Crippen molar-refractivity contribution in [2.24, 2.45) is 0 Å². The van der Waals surface area contributed by atoms with Crippen LogP contribution in [0.15, 0.2) is 12.2 Å². The fourth-order valence-corrected chi connectivity index (χ4v) is 5.23. The highest BCUT2D eigenvalue weighted by molar-refractivity contribution is 5.69. The van der Waals surface area contributed by atoms with Crippen molar-refractivity contribution >= 4 is 5.97 Å². The summed E-state index contributed by atoms with van der Waals surface area (Å²) in [6, 6.07) is 0. The van der Waals surface area contributed by atoms with Crippen molar-refractivity contribution < 1.29 is 9.53 Å². The van der Waals surface area contributed by atoms with Crippen LogP contribution in [-0.4, -0.2) is 12.6 Å². The summed E-state index contributed by atoms with van der Waals surface area (Å²) in [5.41, 5.74) is 0. The Kier molecular flexibility index (Phi) is 33.5. The van der Waals surface area contributed by atoms with Crippen LogP contribution in [0.3, 0.4) is 0 Å². The van der Waals surface area contributed by atoms with E-state index in [2.05, 4.69) is 26.0 Å². The molecule has 0 aliphatic carbocycles. The molecule has 2 nitrogen and oxygen atoms in total. The van der Waals surface area contributed by atoms with E-state index in [-0.39, 0.29) is 5.97 Å². The smallest absolute Gasteiger partial charge is 0.305 e. The zero-order valence-electron chi connectivity index (χ0n) is 26.4. The second-order valence-corrected chi connectivity index (χ2v) is 11.9. The Bertz CT molecular complexity index is 470. The van der Waals surface area contributed by atoms with Crippen LogP contribution in [0.4, 0.5) is 0 Å². The Labute approximate surface area is 240 Å². The monoisotopic (exact) mass is 535 g/mol. The second-order valence-electron chi connectivity index (χ2n) is 11.9. The van der Waals surface area contributed by atoms with Gasteiger partial charge in [0, 0.05) is 6.42 Å². The first-order chi connectivity index (χ1) is 18.8. The maximum absolute atomic E-state index is 11.9. The molecule has 2 heteroatoms. The van der Waals surface area contributed by atoms with Gasteiger partial charge in [0.05, 0.1) is 6.61 Å². The topological polar surface area (TPSA) is 26.3 Å². The summed E-state index contributed by atoms with van der Waals surface area (Å²) in [6.07, 6.45) is 44.2. The molecule has 0 aliphatic heterocycles. The molecule has 226 valence electrons. The van der Waals surface area contributed by atoms with Crippen molar-refractivity contribution in [1.82, 2.24) is 0 Å². The molecule has 0 saturated heterocycles. The molecular weight excluding hydrogens is 464 g/mol. The molecule has 0 spiro atoms. The van der Waals surface area contributed by atoms with Gasteiger partial charge in [-0.15, -0.1) is 0 Å². The lowest BCUT2D eigenvalue weighted by Gasteiger charge is -2.06. The van der Waals surface area contributed by atoms with E-state index in [1.54, 1.807) is 0 Å². The van der Waals surface area contributed by atoms with Crippen LogP contribution in [-0.2, 0) is 9.53 Å². The van der Waals surface area contributed by atoms with Gasteiger partial charge in [-0.2, -0.15) is 0 Å². The van der Waals surface area contributed by atoms with Crippen molar-refractivity contribution in [1.29, 1.82) is 0 Å². The van der Waals surface area contributed by atoms with Crippen molar-refractivity contribution in [3.8, 4) is 0 Å². The zero-order chi connectivity index (χ0) is 27.6. The van der Waals surface area contributed by atoms with Gasteiger partial charge in [0.1, 0.15) is 0 Å². The van der Waals surface area contributed by atoms with Gasteiger partial charge in [0.15, 0.2) is 0 Å².